The van der Waals surface area contributed by atoms with E-state index in [4.69, 9.17) is 4.42 Å². The molecule has 0 aliphatic carbocycles. The summed E-state index contributed by atoms with van der Waals surface area (Å²) < 4.78 is 5.66. The maximum Gasteiger partial charge on any atom is 0.261 e. The van der Waals surface area contributed by atoms with Crippen LogP contribution in [0.5, 0.6) is 0 Å². The van der Waals surface area contributed by atoms with Gasteiger partial charge in [-0.3, -0.25) is 9.69 Å². The summed E-state index contributed by atoms with van der Waals surface area (Å²) in [5.74, 6) is 2.33. The average Bonchev–Trinajstić information content (AvgIpc) is 3.17. The first-order valence-electron chi connectivity index (χ1n) is 8.09. The molecule has 0 radical (unpaired) electrons. The molecule has 0 unspecified atom stereocenters. The Morgan fingerprint density at radius 3 is 2.83 bits per heavy atom. The number of hydrogen-bond acceptors (Lipinski definition) is 5. The number of nitrogens with zero attached hydrogens (tertiary/aromatic N) is 2. The Balaban J connectivity index is 1.41. The second kappa shape index (κ2) is 7.27. The van der Waals surface area contributed by atoms with Gasteiger partial charge in [0.15, 0.2) is 0 Å². The predicted molar refractivity (Wildman–Crippen MR) is 90.6 cm³/mol. The molecule has 6 heteroatoms. The Bertz CT molecular complexity index is 623. The zero-order chi connectivity index (χ0) is 16.2. The normalized spacial score (nSPS) is 16.6. The monoisotopic (exact) mass is 333 g/mol. The number of aromatic nitrogens is 1. The highest BCUT2D eigenvalue weighted by molar-refractivity contribution is 7.12. The summed E-state index contributed by atoms with van der Waals surface area (Å²) in [6.45, 7) is 7.53. The van der Waals surface area contributed by atoms with Crippen molar-refractivity contribution in [1.29, 1.82) is 0 Å². The molecule has 3 rings (SSSR count). The lowest BCUT2D eigenvalue weighted by Gasteiger charge is -2.31. The van der Waals surface area contributed by atoms with Crippen LogP contribution in [0, 0.1) is 19.8 Å². The first-order chi connectivity index (χ1) is 11.1. The van der Waals surface area contributed by atoms with Crippen LogP contribution in [0.3, 0.4) is 0 Å². The van der Waals surface area contributed by atoms with Crippen molar-refractivity contribution in [2.24, 2.45) is 5.92 Å². The molecule has 1 saturated heterocycles. The van der Waals surface area contributed by atoms with E-state index in [0.29, 0.717) is 5.92 Å². The van der Waals surface area contributed by atoms with Crippen molar-refractivity contribution in [1.82, 2.24) is 15.2 Å². The van der Waals surface area contributed by atoms with Gasteiger partial charge in [0.25, 0.3) is 5.91 Å². The largest absolute Gasteiger partial charge is 0.444 e. The molecule has 1 amide bonds. The zero-order valence-electron chi connectivity index (χ0n) is 13.7. The van der Waals surface area contributed by atoms with Crippen molar-refractivity contribution >= 4 is 17.2 Å². The Kier molecular flexibility index (Phi) is 5.13. The third kappa shape index (κ3) is 4.20. The quantitative estimate of drug-likeness (QED) is 0.914. The fourth-order valence-corrected chi connectivity index (χ4v) is 3.52. The number of carbonyl (C=O) groups is 1. The molecule has 1 fully saturated rings. The molecule has 0 aromatic carbocycles. The van der Waals surface area contributed by atoms with Gasteiger partial charge < -0.3 is 9.73 Å². The number of carbonyl (C=O) groups excluding carboxylic acids is 1. The molecule has 0 bridgehead atoms. The predicted octanol–water partition coefficient (Wildman–Crippen LogP) is 2.99. The van der Waals surface area contributed by atoms with Gasteiger partial charge in [0, 0.05) is 6.54 Å². The maximum atomic E-state index is 12.0. The summed E-state index contributed by atoms with van der Waals surface area (Å²) in [5.41, 5.74) is 0.978. The van der Waals surface area contributed by atoms with Gasteiger partial charge in [-0.05, 0) is 57.1 Å². The van der Waals surface area contributed by atoms with E-state index in [-0.39, 0.29) is 5.91 Å². The van der Waals surface area contributed by atoms with Crippen molar-refractivity contribution in [2.45, 2.75) is 33.2 Å². The van der Waals surface area contributed by atoms with Crippen molar-refractivity contribution in [3.63, 3.8) is 0 Å². The van der Waals surface area contributed by atoms with E-state index in [2.05, 4.69) is 15.2 Å². The third-order valence-electron chi connectivity index (χ3n) is 4.44. The van der Waals surface area contributed by atoms with Crippen LogP contribution in [0.4, 0.5) is 0 Å². The molecule has 5 nitrogen and oxygen atoms in total. The number of oxazole rings is 1. The molecule has 1 aliphatic heterocycles. The van der Waals surface area contributed by atoms with Gasteiger partial charge in [0.05, 0.1) is 17.1 Å². The number of rotatable bonds is 5. The van der Waals surface area contributed by atoms with Crippen molar-refractivity contribution in [3.8, 4) is 0 Å². The highest BCUT2D eigenvalue weighted by Crippen LogP contribution is 2.19. The Hall–Kier alpha value is -1.66. The summed E-state index contributed by atoms with van der Waals surface area (Å²) in [5, 5.41) is 4.98. The number of thiophene rings is 1. The Morgan fingerprint density at radius 1 is 1.43 bits per heavy atom. The molecule has 0 saturated carbocycles. The van der Waals surface area contributed by atoms with Crippen LogP contribution in [0.2, 0.25) is 0 Å². The van der Waals surface area contributed by atoms with Crippen LogP contribution in [0.1, 0.15) is 39.9 Å². The van der Waals surface area contributed by atoms with Crippen LogP contribution in [0.15, 0.2) is 21.9 Å². The van der Waals surface area contributed by atoms with Crippen molar-refractivity contribution in [3.05, 3.63) is 39.7 Å². The van der Waals surface area contributed by atoms with Gasteiger partial charge in [0.2, 0.25) is 5.89 Å². The van der Waals surface area contributed by atoms with Gasteiger partial charge in [0.1, 0.15) is 5.76 Å². The lowest BCUT2D eigenvalue weighted by atomic mass is 9.97. The van der Waals surface area contributed by atoms with E-state index < -0.39 is 0 Å². The summed E-state index contributed by atoms with van der Waals surface area (Å²) in [6, 6.07) is 3.77. The number of nitrogens with one attached hydrogen (secondary N) is 1. The van der Waals surface area contributed by atoms with E-state index >= 15 is 0 Å². The number of aryl methyl sites for hydroxylation is 2. The third-order valence-corrected chi connectivity index (χ3v) is 5.30. The van der Waals surface area contributed by atoms with E-state index in [0.717, 1.165) is 61.2 Å². The molecule has 124 valence electrons. The van der Waals surface area contributed by atoms with Gasteiger partial charge >= 0.3 is 0 Å². The van der Waals surface area contributed by atoms with E-state index in [1.807, 2.05) is 31.4 Å². The first-order valence-corrected chi connectivity index (χ1v) is 8.96. The van der Waals surface area contributed by atoms with Crippen LogP contribution < -0.4 is 5.32 Å². The SMILES string of the molecule is Cc1nc(CN2CCC(CNC(=O)c3cccs3)CC2)oc1C. The topological polar surface area (TPSA) is 58.4 Å². The molecular weight excluding hydrogens is 310 g/mol. The Morgan fingerprint density at radius 2 is 2.22 bits per heavy atom. The highest BCUT2D eigenvalue weighted by Gasteiger charge is 2.21. The molecule has 2 aromatic heterocycles. The molecular formula is C17H23N3O2S. The van der Waals surface area contributed by atoms with E-state index in [1.54, 1.807) is 0 Å². The first kappa shape index (κ1) is 16.2. The molecule has 0 atom stereocenters. The summed E-state index contributed by atoms with van der Waals surface area (Å²) in [4.78, 5) is 19.6. The standard InChI is InChI=1S/C17H23N3O2S/c1-12-13(2)22-16(19-12)11-20-7-5-14(6-8-20)10-18-17(21)15-4-3-9-23-15/h3-4,9,14H,5-8,10-11H2,1-2H3,(H,18,21). The smallest absolute Gasteiger partial charge is 0.261 e. The number of likely N-dealkylation sites (tertiary alicyclic amines) is 1. The molecule has 1 aliphatic rings. The van der Waals surface area contributed by atoms with Gasteiger partial charge in [-0.25, -0.2) is 4.98 Å². The van der Waals surface area contributed by atoms with E-state index in [9.17, 15) is 4.79 Å². The number of piperidine rings is 1. The fraction of sp³-hybridized carbons (Fsp3) is 0.529. The summed E-state index contributed by atoms with van der Waals surface area (Å²) >= 11 is 1.48. The molecule has 1 N–H and O–H groups in total. The minimum atomic E-state index is 0.0492. The summed E-state index contributed by atoms with van der Waals surface area (Å²) in [7, 11) is 0. The second-order valence-corrected chi connectivity index (χ2v) is 7.10. The van der Waals surface area contributed by atoms with Crippen LogP contribution in [0.25, 0.3) is 0 Å². The van der Waals surface area contributed by atoms with Gasteiger partial charge in [-0.15, -0.1) is 11.3 Å². The molecule has 0 spiro atoms. The average molecular weight is 333 g/mol. The lowest BCUT2D eigenvalue weighted by molar-refractivity contribution is 0.0938. The van der Waals surface area contributed by atoms with Crippen LogP contribution in [-0.2, 0) is 6.54 Å². The van der Waals surface area contributed by atoms with Crippen LogP contribution >= 0.6 is 11.3 Å². The van der Waals surface area contributed by atoms with Crippen molar-refractivity contribution in [2.75, 3.05) is 19.6 Å². The Labute approximate surface area is 140 Å². The lowest BCUT2D eigenvalue weighted by Crippen LogP contribution is -2.38. The molecule has 3 heterocycles. The minimum absolute atomic E-state index is 0.0492. The maximum absolute atomic E-state index is 12.0. The van der Waals surface area contributed by atoms with Crippen LogP contribution in [-0.4, -0.2) is 35.4 Å². The van der Waals surface area contributed by atoms with E-state index in [1.165, 1.54) is 11.3 Å². The minimum Gasteiger partial charge on any atom is -0.444 e. The fourth-order valence-electron chi connectivity index (χ4n) is 2.88. The highest BCUT2D eigenvalue weighted by atomic mass is 32.1. The number of hydrogen-bond donors (Lipinski definition) is 1. The molecule has 2 aromatic rings. The van der Waals surface area contributed by atoms with Gasteiger partial charge in [-0.1, -0.05) is 6.07 Å². The summed E-state index contributed by atoms with van der Waals surface area (Å²) in [6.07, 6.45) is 2.20. The van der Waals surface area contributed by atoms with Gasteiger partial charge in [-0.2, -0.15) is 0 Å². The molecule has 23 heavy (non-hydrogen) atoms. The second-order valence-electron chi connectivity index (χ2n) is 6.16. The zero-order valence-corrected chi connectivity index (χ0v) is 14.5. The number of amides is 1. The van der Waals surface area contributed by atoms with Crippen molar-refractivity contribution < 1.29 is 9.21 Å².